The molecule has 3 aromatic carbocycles. The number of rotatable bonds is 5. The third kappa shape index (κ3) is 8.58. The van der Waals surface area contributed by atoms with Crippen molar-refractivity contribution in [3.63, 3.8) is 0 Å². The SMILES string of the molecule is CC(C)(C)OC(=O)COc1ccc(Cl)cc1C#Cc1ccc(NC(=O)c2ccc(C(F)(F)F)cc2)cc1. The molecule has 0 unspecified atom stereocenters. The van der Waals surface area contributed by atoms with Gasteiger partial charge in [-0.15, -0.1) is 0 Å². The molecule has 5 nitrogen and oxygen atoms in total. The van der Waals surface area contributed by atoms with E-state index in [1.807, 2.05) is 0 Å². The van der Waals surface area contributed by atoms with Gasteiger partial charge in [0, 0.05) is 21.8 Å². The van der Waals surface area contributed by atoms with Crippen molar-refractivity contribution in [1.29, 1.82) is 0 Å². The molecule has 3 aromatic rings. The fraction of sp³-hybridized carbons (Fsp3) is 0.214. The summed E-state index contributed by atoms with van der Waals surface area (Å²) >= 11 is 6.09. The number of carbonyl (C=O) groups excluding carboxylic acids is 2. The zero-order valence-corrected chi connectivity index (χ0v) is 21.0. The molecule has 0 fully saturated rings. The first-order valence-electron chi connectivity index (χ1n) is 11.0. The predicted molar refractivity (Wildman–Crippen MR) is 135 cm³/mol. The lowest BCUT2D eigenvalue weighted by Crippen LogP contribution is -2.27. The van der Waals surface area contributed by atoms with E-state index >= 15 is 0 Å². The van der Waals surface area contributed by atoms with Crippen LogP contribution in [-0.2, 0) is 15.7 Å². The fourth-order valence-corrected chi connectivity index (χ4v) is 3.20. The number of alkyl halides is 3. The van der Waals surface area contributed by atoms with Crippen molar-refractivity contribution in [2.45, 2.75) is 32.5 Å². The molecule has 1 amide bonds. The molecule has 0 aliphatic rings. The van der Waals surface area contributed by atoms with Gasteiger partial charge in [-0.2, -0.15) is 13.2 Å². The second kappa shape index (κ2) is 11.4. The summed E-state index contributed by atoms with van der Waals surface area (Å²) in [5.74, 6) is 5.22. The van der Waals surface area contributed by atoms with Crippen molar-refractivity contribution < 1.29 is 32.2 Å². The van der Waals surface area contributed by atoms with E-state index in [-0.39, 0.29) is 12.2 Å². The molecule has 0 aliphatic carbocycles. The molecule has 1 N–H and O–H groups in total. The Morgan fingerprint density at radius 1 is 0.919 bits per heavy atom. The van der Waals surface area contributed by atoms with Crippen LogP contribution in [0.3, 0.4) is 0 Å². The summed E-state index contributed by atoms with van der Waals surface area (Å²) in [4.78, 5) is 24.3. The van der Waals surface area contributed by atoms with Gasteiger partial charge in [-0.05, 0) is 87.5 Å². The Bertz CT molecular complexity index is 1330. The van der Waals surface area contributed by atoms with Gasteiger partial charge in [0.25, 0.3) is 5.91 Å². The molecule has 0 radical (unpaired) electrons. The van der Waals surface area contributed by atoms with Crippen LogP contribution in [0.4, 0.5) is 18.9 Å². The monoisotopic (exact) mass is 529 g/mol. The average Bonchev–Trinajstić information content (AvgIpc) is 2.81. The maximum absolute atomic E-state index is 12.7. The van der Waals surface area contributed by atoms with Crippen molar-refractivity contribution in [3.05, 3.63) is 94.0 Å². The Hall–Kier alpha value is -3.96. The van der Waals surface area contributed by atoms with Crippen LogP contribution in [-0.4, -0.2) is 24.1 Å². The number of carbonyl (C=O) groups is 2. The first kappa shape index (κ1) is 27.6. The van der Waals surface area contributed by atoms with E-state index in [2.05, 4.69) is 17.2 Å². The number of anilines is 1. The molecular formula is C28H23ClF3NO4. The number of amides is 1. The van der Waals surface area contributed by atoms with Crippen molar-refractivity contribution in [2.24, 2.45) is 0 Å². The molecule has 0 saturated carbocycles. The number of halogens is 4. The summed E-state index contributed by atoms with van der Waals surface area (Å²) in [6, 6.07) is 15.3. The maximum atomic E-state index is 12.7. The molecule has 0 atom stereocenters. The molecular weight excluding hydrogens is 507 g/mol. The predicted octanol–water partition coefficient (Wildman–Crippen LogP) is 6.73. The van der Waals surface area contributed by atoms with Gasteiger partial charge in [-0.25, -0.2) is 4.79 Å². The highest BCUT2D eigenvalue weighted by Gasteiger charge is 2.30. The van der Waals surface area contributed by atoms with Crippen molar-refractivity contribution in [1.82, 2.24) is 0 Å². The summed E-state index contributed by atoms with van der Waals surface area (Å²) in [7, 11) is 0. The van der Waals surface area contributed by atoms with Crippen molar-refractivity contribution in [3.8, 4) is 17.6 Å². The standard InChI is InChI=1S/C28H23ClF3NO4/c1-27(2,3)37-25(34)17-36-24-15-12-22(29)16-20(24)7-4-18-5-13-23(14-6-18)33-26(35)19-8-10-21(11-9-19)28(30,31)32/h5-6,8-16H,17H2,1-3H3,(H,33,35). The summed E-state index contributed by atoms with van der Waals surface area (Å²) in [6.45, 7) is 4.99. The van der Waals surface area contributed by atoms with E-state index < -0.39 is 29.2 Å². The minimum atomic E-state index is -4.47. The highest BCUT2D eigenvalue weighted by atomic mass is 35.5. The first-order valence-corrected chi connectivity index (χ1v) is 11.4. The quantitative estimate of drug-likeness (QED) is 0.294. The van der Waals surface area contributed by atoms with E-state index in [9.17, 15) is 22.8 Å². The molecule has 0 spiro atoms. The molecule has 192 valence electrons. The van der Waals surface area contributed by atoms with Crippen LogP contribution in [0.1, 0.15) is 47.8 Å². The van der Waals surface area contributed by atoms with Crippen LogP contribution in [0.5, 0.6) is 5.75 Å². The average molecular weight is 530 g/mol. The van der Waals surface area contributed by atoms with Gasteiger partial charge in [-0.3, -0.25) is 4.79 Å². The van der Waals surface area contributed by atoms with E-state index in [4.69, 9.17) is 21.1 Å². The summed E-state index contributed by atoms with van der Waals surface area (Å²) in [6.07, 6.45) is -4.47. The molecule has 9 heteroatoms. The van der Waals surface area contributed by atoms with E-state index in [0.717, 1.165) is 24.3 Å². The van der Waals surface area contributed by atoms with Gasteiger partial charge >= 0.3 is 12.1 Å². The number of hydrogen-bond donors (Lipinski definition) is 1. The lowest BCUT2D eigenvalue weighted by molar-refractivity contribution is -0.157. The Labute approximate surface area is 217 Å². The topological polar surface area (TPSA) is 64.6 Å². The molecule has 0 heterocycles. The maximum Gasteiger partial charge on any atom is 0.416 e. The number of benzene rings is 3. The second-order valence-corrected chi connectivity index (χ2v) is 9.31. The Morgan fingerprint density at radius 3 is 2.16 bits per heavy atom. The summed E-state index contributed by atoms with van der Waals surface area (Å²) in [5.41, 5.74) is 0.162. The second-order valence-electron chi connectivity index (χ2n) is 8.87. The lowest BCUT2D eigenvalue weighted by atomic mass is 10.1. The van der Waals surface area contributed by atoms with Gasteiger partial charge in [0.05, 0.1) is 11.1 Å². The molecule has 0 aliphatic heterocycles. The van der Waals surface area contributed by atoms with Gasteiger partial charge in [0.15, 0.2) is 6.61 Å². The van der Waals surface area contributed by atoms with Crippen molar-refractivity contribution in [2.75, 3.05) is 11.9 Å². The van der Waals surface area contributed by atoms with Gasteiger partial charge in [-0.1, -0.05) is 23.4 Å². The number of ether oxygens (including phenoxy) is 2. The van der Waals surface area contributed by atoms with Gasteiger partial charge < -0.3 is 14.8 Å². The minimum absolute atomic E-state index is 0.0942. The van der Waals surface area contributed by atoms with Crippen LogP contribution >= 0.6 is 11.6 Å². The van der Waals surface area contributed by atoms with Gasteiger partial charge in [0.1, 0.15) is 11.4 Å². The largest absolute Gasteiger partial charge is 0.481 e. The molecule has 37 heavy (non-hydrogen) atoms. The Balaban J connectivity index is 1.67. The molecule has 3 rings (SSSR count). The first-order chi connectivity index (χ1) is 17.3. The lowest BCUT2D eigenvalue weighted by Gasteiger charge is -2.19. The number of hydrogen-bond acceptors (Lipinski definition) is 4. The Morgan fingerprint density at radius 2 is 1.57 bits per heavy atom. The fourth-order valence-electron chi connectivity index (χ4n) is 3.02. The summed E-state index contributed by atoms with van der Waals surface area (Å²) < 4.78 is 48.9. The minimum Gasteiger partial charge on any atom is -0.481 e. The number of esters is 1. The van der Waals surface area contributed by atoms with Crippen LogP contribution in [0.25, 0.3) is 0 Å². The zero-order chi connectivity index (χ0) is 27.2. The molecule has 0 bridgehead atoms. The van der Waals surface area contributed by atoms with E-state index in [1.54, 1.807) is 63.2 Å². The normalized spacial score (nSPS) is 11.2. The van der Waals surface area contributed by atoms with Crippen molar-refractivity contribution >= 4 is 29.2 Å². The summed E-state index contributed by atoms with van der Waals surface area (Å²) in [5, 5.41) is 3.07. The highest BCUT2D eigenvalue weighted by Crippen LogP contribution is 2.29. The van der Waals surface area contributed by atoms with Crippen LogP contribution < -0.4 is 10.1 Å². The van der Waals surface area contributed by atoms with Gasteiger partial charge in [0.2, 0.25) is 0 Å². The molecule has 0 saturated heterocycles. The Kier molecular flexibility index (Phi) is 8.51. The third-order valence-corrected chi connectivity index (χ3v) is 4.90. The number of nitrogens with one attached hydrogen (secondary N) is 1. The van der Waals surface area contributed by atoms with Crippen LogP contribution in [0, 0.1) is 11.8 Å². The third-order valence-electron chi connectivity index (χ3n) is 4.67. The van der Waals surface area contributed by atoms with E-state index in [1.165, 1.54) is 0 Å². The molecule has 0 aromatic heterocycles. The zero-order valence-electron chi connectivity index (χ0n) is 20.2. The van der Waals surface area contributed by atoms with Crippen LogP contribution in [0.15, 0.2) is 66.7 Å². The van der Waals surface area contributed by atoms with Crippen LogP contribution in [0.2, 0.25) is 5.02 Å². The highest BCUT2D eigenvalue weighted by molar-refractivity contribution is 6.30. The smallest absolute Gasteiger partial charge is 0.416 e. The van der Waals surface area contributed by atoms with E-state index in [0.29, 0.717) is 27.6 Å².